The van der Waals surface area contributed by atoms with Crippen LogP contribution in [0.2, 0.25) is 0 Å². The summed E-state index contributed by atoms with van der Waals surface area (Å²) in [6, 6.07) is 5.89. The Labute approximate surface area is 102 Å². The van der Waals surface area contributed by atoms with Crippen LogP contribution in [-0.4, -0.2) is 30.1 Å². The number of hydrogen-bond donors (Lipinski definition) is 1. The molecule has 1 aliphatic rings. The van der Waals surface area contributed by atoms with Gasteiger partial charge in [-0.3, -0.25) is 4.79 Å². The highest BCUT2D eigenvalue weighted by molar-refractivity contribution is 5.78. The maximum Gasteiger partial charge on any atom is 0.150 e. The number of hydrogen-bond acceptors (Lipinski definition) is 3. The summed E-state index contributed by atoms with van der Waals surface area (Å²) in [6.07, 6.45) is 2.48. The maximum atomic E-state index is 10.8. The van der Waals surface area contributed by atoms with Crippen molar-refractivity contribution in [2.24, 2.45) is 0 Å². The molecule has 1 aliphatic heterocycles. The molecular formula is C14H19NO2. The molecule has 0 aromatic heterocycles. The highest BCUT2D eigenvalue weighted by Crippen LogP contribution is 2.26. The van der Waals surface area contributed by atoms with Crippen LogP contribution in [0.3, 0.4) is 0 Å². The summed E-state index contributed by atoms with van der Waals surface area (Å²) in [6.45, 7) is 5.58. The third kappa shape index (κ3) is 2.67. The zero-order chi connectivity index (χ0) is 12.5. The second-order valence-corrected chi connectivity index (χ2v) is 5.14. The molecule has 0 saturated carbocycles. The van der Waals surface area contributed by atoms with Gasteiger partial charge in [0.1, 0.15) is 6.29 Å². The first-order chi connectivity index (χ1) is 8.02. The van der Waals surface area contributed by atoms with Crippen LogP contribution in [0, 0.1) is 6.92 Å². The quantitative estimate of drug-likeness (QED) is 0.796. The van der Waals surface area contributed by atoms with Gasteiger partial charge in [-0.05, 0) is 50.5 Å². The Morgan fingerprint density at radius 3 is 2.53 bits per heavy atom. The normalized spacial score (nSPS) is 19.1. The number of aliphatic hydroxyl groups is 1. The SMILES string of the molecule is Cc1cc(N2CCC(C)(O)CC2)ccc1C=O. The molecule has 3 heteroatoms. The largest absolute Gasteiger partial charge is 0.390 e. The first-order valence-electron chi connectivity index (χ1n) is 6.05. The van der Waals surface area contributed by atoms with Crippen molar-refractivity contribution >= 4 is 12.0 Å². The fourth-order valence-electron chi connectivity index (χ4n) is 2.24. The van der Waals surface area contributed by atoms with E-state index in [2.05, 4.69) is 4.90 Å². The van der Waals surface area contributed by atoms with E-state index in [1.54, 1.807) is 0 Å². The Morgan fingerprint density at radius 2 is 2.00 bits per heavy atom. The number of carbonyl (C=O) groups is 1. The summed E-state index contributed by atoms with van der Waals surface area (Å²) in [5, 5.41) is 9.90. The standard InChI is InChI=1S/C14H19NO2/c1-11-9-13(4-3-12(11)10-16)15-7-5-14(2,17)6-8-15/h3-4,9-10,17H,5-8H2,1-2H3. The fraction of sp³-hybridized carbons (Fsp3) is 0.500. The Bertz CT molecular complexity index is 416. The van der Waals surface area contributed by atoms with E-state index in [0.717, 1.165) is 49.0 Å². The second kappa shape index (κ2) is 4.49. The molecule has 1 N–H and O–H groups in total. The Kier molecular flexibility index (Phi) is 3.20. The van der Waals surface area contributed by atoms with Crippen LogP contribution in [0.5, 0.6) is 0 Å². The molecule has 92 valence electrons. The predicted molar refractivity (Wildman–Crippen MR) is 68.6 cm³/mol. The maximum absolute atomic E-state index is 10.8. The summed E-state index contributed by atoms with van der Waals surface area (Å²) in [5.41, 5.74) is 2.38. The zero-order valence-electron chi connectivity index (χ0n) is 10.4. The van der Waals surface area contributed by atoms with Crippen molar-refractivity contribution < 1.29 is 9.90 Å². The van der Waals surface area contributed by atoms with Crippen LogP contribution < -0.4 is 4.90 Å². The predicted octanol–water partition coefficient (Wildman–Crippen LogP) is 2.16. The van der Waals surface area contributed by atoms with Crippen molar-refractivity contribution in [3.8, 4) is 0 Å². The van der Waals surface area contributed by atoms with Gasteiger partial charge in [0.2, 0.25) is 0 Å². The molecule has 17 heavy (non-hydrogen) atoms. The van der Waals surface area contributed by atoms with E-state index in [9.17, 15) is 9.90 Å². The first-order valence-corrected chi connectivity index (χ1v) is 6.05. The number of anilines is 1. The Morgan fingerprint density at radius 1 is 1.35 bits per heavy atom. The minimum Gasteiger partial charge on any atom is -0.390 e. The molecule has 1 saturated heterocycles. The molecule has 0 aliphatic carbocycles. The van der Waals surface area contributed by atoms with Crippen LogP contribution in [0.25, 0.3) is 0 Å². The summed E-state index contributed by atoms with van der Waals surface area (Å²) in [7, 11) is 0. The lowest BCUT2D eigenvalue weighted by Gasteiger charge is -2.37. The van der Waals surface area contributed by atoms with Crippen molar-refractivity contribution in [3.63, 3.8) is 0 Å². The minimum atomic E-state index is -0.520. The van der Waals surface area contributed by atoms with Gasteiger partial charge in [-0.2, -0.15) is 0 Å². The average Bonchev–Trinajstić information content (AvgIpc) is 2.29. The van der Waals surface area contributed by atoms with Gasteiger partial charge in [0.15, 0.2) is 0 Å². The molecule has 0 atom stereocenters. The topological polar surface area (TPSA) is 40.5 Å². The molecule has 0 radical (unpaired) electrons. The molecule has 0 amide bonds. The number of benzene rings is 1. The van der Waals surface area contributed by atoms with Crippen molar-refractivity contribution in [3.05, 3.63) is 29.3 Å². The van der Waals surface area contributed by atoms with Gasteiger partial charge >= 0.3 is 0 Å². The zero-order valence-corrected chi connectivity index (χ0v) is 10.4. The number of rotatable bonds is 2. The number of piperidine rings is 1. The second-order valence-electron chi connectivity index (χ2n) is 5.14. The van der Waals surface area contributed by atoms with E-state index < -0.39 is 5.60 Å². The lowest BCUT2D eigenvalue weighted by atomic mass is 9.93. The number of aryl methyl sites for hydroxylation is 1. The van der Waals surface area contributed by atoms with E-state index in [4.69, 9.17) is 0 Å². The lowest BCUT2D eigenvalue weighted by Crippen LogP contribution is -2.42. The smallest absolute Gasteiger partial charge is 0.150 e. The van der Waals surface area contributed by atoms with Crippen molar-refractivity contribution in [1.29, 1.82) is 0 Å². The van der Waals surface area contributed by atoms with Crippen LogP contribution in [0.15, 0.2) is 18.2 Å². The number of nitrogens with zero attached hydrogens (tertiary/aromatic N) is 1. The third-order valence-electron chi connectivity index (χ3n) is 3.59. The third-order valence-corrected chi connectivity index (χ3v) is 3.59. The van der Waals surface area contributed by atoms with Gasteiger partial charge in [-0.15, -0.1) is 0 Å². The van der Waals surface area contributed by atoms with E-state index in [1.807, 2.05) is 32.0 Å². The molecule has 1 fully saturated rings. The monoisotopic (exact) mass is 233 g/mol. The Hall–Kier alpha value is -1.35. The summed E-state index contributed by atoms with van der Waals surface area (Å²) >= 11 is 0. The molecule has 0 bridgehead atoms. The van der Waals surface area contributed by atoms with Crippen molar-refractivity contribution in [2.75, 3.05) is 18.0 Å². The summed E-state index contributed by atoms with van der Waals surface area (Å²) < 4.78 is 0. The Balaban J connectivity index is 2.14. The average molecular weight is 233 g/mol. The molecular weight excluding hydrogens is 214 g/mol. The molecule has 3 nitrogen and oxygen atoms in total. The van der Waals surface area contributed by atoms with Gasteiger partial charge < -0.3 is 10.0 Å². The molecule has 0 unspecified atom stereocenters. The van der Waals surface area contributed by atoms with Crippen LogP contribution in [0.1, 0.15) is 35.7 Å². The van der Waals surface area contributed by atoms with Crippen LogP contribution in [0.4, 0.5) is 5.69 Å². The molecule has 1 aromatic carbocycles. The number of carbonyl (C=O) groups excluding carboxylic acids is 1. The van der Waals surface area contributed by atoms with E-state index in [-0.39, 0.29) is 0 Å². The van der Waals surface area contributed by atoms with Gasteiger partial charge in [-0.1, -0.05) is 0 Å². The lowest BCUT2D eigenvalue weighted by molar-refractivity contribution is 0.0351. The van der Waals surface area contributed by atoms with Gasteiger partial charge in [0.25, 0.3) is 0 Å². The van der Waals surface area contributed by atoms with E-state index >= 15 is 0 Å². The van der Waals surface area contributed by atoms with E-state index in [1.165, 1.54) is 0 Å². The van der Waals surface area contributed by atoms with Crippen molar-refractivity contribution in [1.82, 2.24) is 0 Å². The molecule has 1 heterocycles. The molecule has 1 aromatic rings. The molecule has 2 rings (SSSR count). The van der Waals surface area contributed by atoms with Crippen LogP contribution >= 0.6 is 0 Å². The highest BCUT2D eigenvalue weighted by Gasteiger charge is 2.27. The minimum absolute atomic E-state index is 0.520. The van der Waals surface area contributed by atoms with Gasteiger partial charge in [-0.25, -0.2) is 0 Å². The van der Waals surface area contributed by atoms with Gasteiger partial charge in [0.05, 0.1) is 5.60 Å². The summed E-state index contributed by atoms with van der Waals surface area (Å²) in [5.74, 6) is 0. The molecule has 0 spiro atoms. The first kappa shape index (κ1) is 12.1. The fourth-order valence-corrected chi connectivity index (χ4v) is 2.24. The van der Waals surface area contributed by atoms with Gasteiger partial charge in [0, 0.05) is 24.3 Å². The summed E-state index contributed by atoms with van der Waals surface area (Å²) in [4.78, 5) is 13.0. The van der Waals surface area contributed by atoms with E-state index in [0.29, 0.717) is 0 Å². The highest BCUT2D eigenvalue weighted by atomic mass is 16.3. The van der Waals surface area contributed by atoms with Crippen molar-refractivity contribution in [2.45, 2.75) is 32.3 Å². The number of aldehydes is 1. The van der Waals surface area contributed by atoms with Crippen LogP contribution in [-0.2, 0) is 0 Å².